The Morgan fingerprint density at radius 1 is 1.17 bits per heavy atom. The quantitative estimate of drug-likeness (QED) is 0.192. The number of nitrogens with two attached hydrogens (primary N) is 1. The number of aromatic nitrogens is 4. The van der Waals surface area contributed by atoms with Crippen LogP contribution in [0.15, 0.2) is 36.9 Å². The molecule has 0 spiro atoms. The molecule has 0 bridgehead atoms. The number of imidazole rings is 1. The highest BCUT2D eigenvalue weighted by Crippen LogP contribution is 2.46. The zero-order valence-corrected chi connectivity index (χ0v) is 25.2. The molecule has 2 atom stereocenters. The summed E-state index contributed by atoms with van der Waals surface area (Å²) in [5, 5.41) is 2.85. The van der Waals surface area contributed by atoms with Crippen molar-refractivity contribution in [3.8, 4) is 0 Å². The largest absolute Gasteiger partial charge is 0.464 e. The zero-order valence-electron chi connectivity index (χ0n) is 24.3. The summed E-state index contributed by atoms with van der Waals surface area (Å²) in [7, 11) is -3.81. The molecule has 0 saturated carbocycles. The molecule has 0 saturated heterocycles. The number of fused-ring (bicyclic) bond motifs is 1. The fourth-order valence-corrected chi connectivity index (χ4v) is 5.74. The maximum absolute atomic E-state index is 14.1. The number of carbonyl (C=O) groups excluding carboxylic acids is 2. The van der Waals surface area contributed by atoms with Crippen LogP contribution in [0.4, 0.5) is 5.82 Å². The fraction of sp³-hybridized carbons (Fsp3) is 0.519. The lowest BCUT2D eigenvalue weighted by Gasteiger charge is -2.30. The first kappa shape index (κ1) is 32.1. The topological polar surface area (TPSA) is 170 Å². The average Bonchev–Trinajstić information content (AvgIpc) is 3.33. The van der Waals surface area contributed by atoms with Gasteiger partial charge in [-0.3, -0.25) is 9.36 Å². The standard InChI is InChI=1S/C27H39N6O7P/c1-7-11-37-26(35)27(5,6)32-41(36,39-14-20-9-8-10-21(12-20)25(34)40-18(2)3)17-38-19(4)13-33-16-31-22-23(28)29-15-30-24(22)33/h8-10,12,15-16,18-19H,7,11,13-14,17H2,1-6H3,(H,32,36)(H2,28,29,30)/t19-,41-/m1/s1. The fourth-order valence-electron chi connectivity index (χ4n) is 3.78. The van der Waals surface area contributed by atoms with Crippen LogP contribution in [0.2, 0.25) is 0 Å². The second-order valence-corrected chi connectivity index (χ2v) is 12.5. The van der Waals surface area contributed by atoms with E-state index in [4.69, 9.17) is 24.5 Å². The van der Waals surface area contributed by atoms with Crippen molar-refractivity contribution >= 4 is 36.4 Å². The minimum atomic E-state index is -3.81. The van der Waals surface area contributed by atoms with Crippen LogP contribution in [0.5, 0.6) is 0 Å². The Bertz CT molecular complexity index is 1390. The number of ether oxygens (including phenoxy) is 3. The number of hydrogen-bond acceptors (Lipinski definition) is 11. The van der Waals surface area contributed by atoms with Crippen LogP contribution in [0, 0.1) is 0 Å². The van der Waals surface area contributed by atoms with E-state index in [1.165, 1.54) is 6.33 Å². The maximum atomic E-state index is 14.1. The normalized spacial score (nSPS) is 14.1. The molecule has 0 fully saturated rings. The first-order valence-corrected chi connectivity index (χ1v) is 15.2. The molecule has 0 aliphatic rings. The summed E-state index contributed by atoms with van der Waals surface area (Å²) in [5.41, 5.74) is 6.48. The Morgan fingerprint density at radius 3 is 2.63 bits per heavy atom. The van der Waals surface area contributed by atoms with Crippen LogP contribution in [0.1, 0.15) is 63.9 Å². The van der Waals surface area contributed by atoms with Crippen molar-refractivity contribution in [2.75, 3.05) is 18.7 Å². The molecule has 0 amide bonds. The molecule has 3 aromatic rings. The van der Waals surface area contributed by atoms with E-state index >= 15 is 0 Å². The summed E-state index contributed by atoms with van der Waals surface area (Å²) in [6.45, 7) is 10.8. The third kappa shape index (κ3) is 9.06. The minimum absolute atomic E-state index is 0.118. The van der Waals surface area contributed by atoms with E-state index in [0.29, 0.717) is 35.3 Å². The van der Waals surface area contributed by atoms with Crippen molar-refractivity contribution in [1.29, 1.82) is 0 Å². The molecule has 0 radical (unpaired) electrons. The number of esters is 2. The first-order valence-electron chi connectivity index (χ1n) is 13.4. The van der Waals surface area contributed by atoms with Crippen LogP contribution >= 0.6 is 7.52 Å². The van der Waals surface area contributed by atoms with Crippen molar-refractivity contribution < 1.29 is 32.9 Å². The average molecular weight is 591 g/mol. The van der Waals surface area contributed by atoms with Crippen LogP contribution < -0.4 is 10.8 Å². The van der Waals surface area contributed by atoms with Gasteiger partial charge >= 0.3 is 11.9 Å². The van der Waals surface area contributed by atoms with E-state index in [9.17, 15) is 14.2 Å². The lowest BCUT2D eigenvalue weighted by Crippen LogP contribution is -2.47. The molecule has 0 aliphatic heterocycles. The number of benzene rings is 1. The lowest BCUT2D eigenvalue weighted by atomic mass is 10.1. The molecule has 2 heterocycles. The number of nitrogens with zero attached hydrogens (tertiary/aromatic N) is 4. The number of hydrogen-bond donors (Lipinski definition) is 2. The zero-order chi connectivity index (χ0) is 30.2. The van der Waals surface area contributed by atoms with Gasteiger partial charge in [-0.25, -0.2) is 24.8 Å². The molecule has 13 nitrogen and oxygen atoms in total. The molecule has 224 valence electrons. The van der Waals surface area contributed by atoms with Gasteiger partial charge in [-0.2, -0.15) is 0 Å². The van der Waals surface area contributed by atoms with Gasteiger partial charge in [0.2, 0.25) is 0 Å². The van der Waals surface area contributed by atoms with Gasteiger partial charge < -0.3 is 29.0 Å². The Balaban J connectivity index is 1.75. The van der Waals surface area contributed by atoms with Gasteiger partial charge in [0.05, 0.1) is 43.9 Å². The second-order valence-electron chi connectivity index (χ2n) is 10.4. The predicted octanol–water partition coefficient (Wildman–Crippen LogP) is 4.07. The van der Waals surface area contributed by atoms with E-state index < -0.39 is 31.1 Å². The number of rotatable bonds is 15. The van der Waals surface area contributed by atoms with Crippen LogP contribution in [-0.2, 0) is 41.2 Å². The van der Waals surface area contributed by atoms with E-state index in [2.05, 4.69) is 20.0 Å². The van der Waals surface area contributed by atoms with E-state index in [1.54, 1.807) is 69.8 Å². The van der Waals surface area contributed by atoms with E-state index in [1.807, 2.05) is 6.92 Å². The summed E-state index contributed by atoms with van der Waals surface area (Å²) < 4.78 is 38.3. The summed E-state index contributed by atoms with van der Waals surface area (Å²) in [4.78, 5) is 37.5. The highest BCUT2D eigenvalue weighted by molar-refractivity contribution is 7.56. The molecule has 2 aromatic heterocycles. The van der Waals surface area contributed by atoms with E-state index in [-0.39, 0.29) is 31.5 Å². The number of anilines is 1. The molecule has 3 N–H and O–H groups in total. The van der Waals surface area contributed by atoms with Gasteiger partial charge in [-0.05, 0) is 58.7 Å². The molecular weight excluding hydrogens is 551 g/mol. The SMILES string of the molecule is CCCOC(=O)C(C)(C)N[P@@](=O)(CO[C@H](C)Cn1cnc2c(N)ncnc21)OCc1cccc(C(=O)OC(C)C)c1. The molecular formula is C27H39N6O7P. The Labute approximate surface area is 239 Å². The first-order chi connectivity index (χ1) is 19.3. The van der Waals surface area contributed by atoms with Gasteiger partial charge in [0.25, 0.3) is 7.52 Å². The predicted molar refractivity (Wildman–Crippen MR) is 153 cm³/mol. The van der Waals surface area contributed by atoms with Crippen molar-refractivity contribution in [3.63, 3.8) is 0 Å². The molecule has 3 rings (SSSR count). The lowest BCUT2D eigenvalue weighted by molar-refractivity contribution is -0.149. The summed E-state index contributed by atoms with van der Waals surface area (Å²) in [6.07, 6.45) is 2.50. The monoisotopic (exact) mass is 590 g/mol. The summed E-state index contributed by atoms with van der Waals surface area (Å²) >= 11 is 0. The van der Waals surface area contributed by atoms with Gasteiger partial charge in [0.15, 0.2) is 11.5 Å². The third-order valence-electron chi connectivity index (χ3n) is 5.75. The molecule has 0 unspecified atom stereocenters. The smallest absolute Gasteiger partial charge is 0.338 e. The van der Waals surface area contributed by atoms with Gasteiger partial charge in [0.1, 0.15) is 23.7 Å². The minimum Gasteiger partial charge on any atom is -0.464 e. The van der Waals surface area contributed by atoms with Crippen molar-refractivity contribution in [1.82, 2.24) is 24.6 Å². The maximum Gasteiger partial charge on any atom is 0.338 e. The van der Waals surface area contributed by atoms with E-state index in [0.717, 1.165) is 0 Å². The van der Waals surface area contributed by atoms with Crippen molar-refractivity contribution in [2.45, 2.75) is 78.9 Å². The highest BCUT2D eigenvalue weighted by Gasteiger charge is 2.38. The van der Waals surface area contributed by atoms with Crippen molar-refractivity contribution in [2.24, 2.45) is 0 Å². The highest BCUT2D eigenvalue weighted by atomic mass is 31.2. The summed E-state index contributed by atoms with van der Waals surface area (Å²) in [6, 6.07) is 6.65. The number of nitrogen functional groups attached to an aromatic ring is 1. The summed E-state index contributed by atoms with van der Waals surface area (Å²) in [5.74, 6) is -0.779. The van der Waals surface area contributed by atoms with Gasteiger partial charge in [0, 0.05) is 0 Å². The molecule has 0 aliphatic carbocycles. The second kappa shape index (κ2) is 14.0. The van der Waals surface area contributed by atoms with Crippen LogP contribution in [-0.4, -0.2) is 62.2 Å². The molecule has 41 heavy (non-hydrogen) atoms. The van der Waals surface area contributed by atoms with Gasteiger partial charge in [-0.1, -0.05) is 19.1 Å². The van der Waals surface area contributed by atoms with Crippen LogP contribution in [0.3, 0.4) is 0 Å². The molecule has 1 aromatic carbocycles. The number of nitrogens with one attached hydrogen (secondary N) is 1. The Kier molecular flexibility index (Phi) is 11.0. The third-order valence-corrected chi connectivity index (χ3v) is 7.69. The molecule has 14 heteroatoms. The number of carbonyl (C=O) groups is 2. The Hall–Kier alpha value is -3.38. The Morgan fingerprint density at radius 2 is 1.93 bits per heavy atom. The van der Waals surface area contributed by atoms with Crippen LogP contribution in [0.25, 0.3) is 11.2 Å². The van der Waals surface area contributed by atoms with Crippen molar-refractivity contribution in [3.05, 3.63) is 48.0 Å². The van der Waals surface area contributed by atoms with Gasteiger partial charge in [-0.15, -0.1) is 0 Å².